The summed E-state index contributed by atoms with van der Waals surface area (Å²) in [7, 11) is 0. The number of aromatic nitrogens is 2. The van der Waals surface area contributed by atoms with Crippen LogP contribution < -0.4 is 10.6 Å². The van der Waals surface area contributed by atoms with Gasteiger partial charge in [0.1, 0.15) is 5.54 Å². The highest BCUT2D eigenvalue weighted by molar-refractivity contribution is 6.07. The molecule has 0 atom stereocenters. The molecule has 32 heavy (non-hydrogen) atoms. The van der Waals surface area contributed by atoms with Crippen LogP contribution in [0.5, 0.6) is 0 Å². The molecule has 8 heteroatoms. The summed E-state index contributed by atoms with van der Waals surface area (Å²) in [5.74, 6) is 0.0874. The van der Waals surface area contributed by atoms with E-state index in [9.17, 15) is 14.4 Å². The topological polar surface area (TPSA) is 96.3 Å². The van der Waals surface area contributed by atoms with Gasteiger partial charge in [-0.3, -0.25) is 14.5 Å². The normalized spacial score (nSPS) is 19.6. The number of amides is 4. The summed E-state index contributed by atoms with van der Waals surface area (Å²) >= 11 is 0. The maximum atomic E-state index is 12.9. The molecule has 3 aliphatic rings. The number of hydrogen-bond donors (Lipinski definition) is 2. The van der Waals surface area contributed by atoms with Crippen LogP contribution in [0.4, 0.5) is 4.79 Å². The first kappa shape index (κ1) is 20.7. The van der Waals surface area contributed by atoms with Crippen molar-refractivity contribution in [2.24, 2.45) is 0 Å². The van der Waals surface area contributed by atoms with E-state index in [-0.39, 0.29) is 17.8 Å². The van der Waals surface area contributed by atoms with E-state index < -0.39 is 5.54 Å². The summed E-state index contributed by atoms with van der Waals surface area (Å²) in [4.78, 5) is 39.2. The predicted octanol–water partition coefficient (Wildman–Crippen LogP) is 3.04. The molecule has 5 rings (SSSR count). The second kappa shape index (κ2) is 8.07. The Bertz CT molecular complexity index is 1070. The number of carbonyl (C=O) groups excluding carboxylic acids is 3. The largest absolute Gasteiger partial charge is 0.352 e. The molecule has 1 aromatic carbocycles. The van der Waals surface area contributed by atoms with Crippen molar-refractivity contribution in [2.45, 2.75) is 63.3 Å². The molecule has 1 saturated heterocycles. The molecule has 3 fully saturated rings. The van der Waals surface area contributed by atoms with Gasteiger partial charge in [-0.1, -0.05) is 31.0 Å². The average Bonchev–Trinajstić information content (AvgIpc) is 3.25. The summed E-state index contributed by atoms with van der Waals surface area (Å²) in [6.07, 6.45) is 7.67. The van der Waals surface area contributed by atoms with E-state index in [1.165, 1.54) is 4.90 Å². The van der Waals surface area contributed by atoms with Gasteiger partial charge < -0.3 is 10.6 Å². The van der Waals surface area contributed by atoms with E-state index in [4.69, 9.17) is 0 Å². The van der Waals surface area contributed by atoms with Crippen LogP contribution in [-0.2, 0) is 4.79 Å². The van der Waals surface area contributed by atoms with Crippen molar-refractivity contribution in [3.63, 3.8) is 0 Å². The van der Waals surface area contributed by atoms with Gasteiger partial charge in [-0.15, -0.1) is 0 Å². The summed E-state index contributed by atoms with van der Waals surface area (Å²) < 4.78 is 1.90. The van der Waals surface area contributed by atoms with Crippen LogP contribution in [0, 0.1) is 6.92 Å². The van der Waals surface area contributed by atoms with Gasteiger partial charge in [0.2, 0.25) is 0 Å². The van der Waals surface area contributed by atoms with E-state index in [1.54, 1.807) is 6.20 Å². The van der Waals surface area contributed by atoms with E-state index in [0.29, 0.717) is 31.0 Å². The summed E-state index contributed by atoms with van der Waals surface area (Å²) in [5.41, 5.74) is 3.00. The second-order valence-electron chi connectivity index (χ2n) is 9.20. The molecule has 0 bridgehead atoms. The average molecular weight is 436 g/mol. The molecule has 1 aliphatic heterocycles. The Morgan fingerprint density at radius 1 is 1.22 bits per heavy atom. The van der Waals surface area contributed by atoms with Crippen LogP contribution in [0.2, 0.25) is 0 Å². The van der Waals surface area contributed by atoms with Gasteiger partial charge >= 0.3 is 6.03 Å². The summed E-state index contributed by atoms with van der Waals surface area (Å²) in [5, 5.41) is 10.4. The summed E-state index contributed by atoms with van der Waals surface area (Å²) in [6.45, 7) is 2.74. The molecule has 2 heterocycles. The first-order valence-corrected chi connectivity index (χ1v) is 11.6. The Morgan fingerprint density at radius 3 is 2.69 bits per heavy atom. The third kappa shape index (κ3) is 3.57. The Morgan fingerprint density at radius 2 is 1.97 bits per heavy atom. The molecule has 8 nitrogen and oxygen atoms in total. The quantitative estimate of drug-likeness (QED) is 0.516. The van der Waals surface area contributed by atoms with Crippen molar-refractivity contribution < 1.29 is 14.4 Å². The highest BCUT2D eigenvalue weighted by Crippen LogP contribution is 2.42. The van der Waals surface area contributed by atoms with Gasteiger partial charge in [0.25, 0.3) is 11.8 Å². The highest BCUT2D eigenvalue weighted by Gasteiger charge is 2.52. The molecular weight excluding hydrogens is 406 g/mol. The SMILES string of the molecule is Cc1ccccc1-n1ncc(C(=O)NCCCN2C(=O)NC3(CCCC3)C2=O)c1C1CC1. The van der Waals surface area contributed by atoms with Crippen molar-refractivity contribution in [3.05, 3.63) is 47.3 Å². The lowest BCUT2D eigenvalue weighted by atomic mass is 9.98. The highest BCUT2D eigenvalue weighted by atomic mass is 16.2. The Kier molecular flexibility index (Phi) is 5.23. The van der Waals surface area contributed by atoms with Gasteiger partial charge in [0, 0.05) is 19.0 Å². The van der Waals surface area contributed by atoms with Gasteiger partial charge in [0.15, 0.2) is 0 Å². The molecule has 168 valence electrons. The Labute approximate surface area is 187 Å². The zero-order chi connectivity index (χ0) is 22.3. The fourth-order valence-electron chi connectivity index (χ4n) is 5.01. The van der Waals surface area contributed by atoms with Gasteiger partial charge in [-0.25, -0.2) is 9.48 Å². The predicted molar refractivity (Wildman–Crippen MR) is 119 cm³/mol. The van der Waals surface area contributed by atoms with Crippen molar-refractivity contribution in [3.8, 4) is 5.69 Å². The van der Waals surface area contributed by atoms with E-state index in [1.807, 2.05) is 35.9 Å². The molecule has 0 unspecified atom stereocenters. The first-order valence-electron chi connectivity index (χ1n) is 11.6. The summed E-state index contributed by atoms with van der Waals surface area (Å²) in [6, 6.07) is 7.72. The minimum absolute atomic E-state index is 0.109. The third-order valence-electron chi connectivity index (χ3n) is 6.91. The maximum Gasteiger partial charge on any atom is 0.325 e. The van der Waals surface area contributed by atoms with Gasteiger partial charge in [-0.05, 0) is 50.7 Å². The lowest BCUT2D eigenvalue weighted by Gasteiger charge is -2.20. The van der Waals surface area contributed by atoms with Crippen LogP contribution in [0.15, 0.2) is 30.5 Å². The number of aryl methyl sites for hydroxylation is 1. The number of nitrogens with zero attached hydrogens (tertiary/aromatic N) is 3. The lowest BCUT2D eigenvalue weighted by molar-refractivity contribution is -0.131. The van der Waals surface area contributed by atoms with Crippen LogP contribution in [0.1, 0.15) is 72.5 Å². The number of urea groups is 1. The molecule has 2 aromatic rings. The number of imide groups is 1. The van der Waals surface area contributed by atoms with E-state index in [2.05, 4.69) is 15.7 Å². The number of para-hydroxylation sites is 1. The molecule has 4 amide bonds. The zero-order valence-corrected chi connectivity index (χ0v) is 18.4. The third-order valence-corrected chi connectivity index (χ3v) is 6.91. The van der Waals surface area contributed by atoms with Crippen molar-refractivity contribution >= 4 is 17.8 Å². The number of nitrogens with one attached hydrogen (secondary N) is 2. The minimum Gasteiger partial charge on any atom is -0.352 e. The molecule has 2 N–H and O–H groups in total. The van der Waals surface area contributed by atoms with Crippen molar-refractivity contribution in [2.75, 3.05) is 13.1 Å². The maximum absolute atomic E-state index is 12.9. The fourth-order valence-corrected chi connectivity index (χ4v) is 5.01. The van der Waals surface area contributed by atoms with Crippen LogP contribution in [0.3, 0.4) is 0 Å². The molecular formula is C24H29N5O3. The van der Waals surface area contributed by atoms with E-state index >= 15 is 0 Å². The fraction of sp³-hybridized carbons (Fsp3) is 0.500. The van der Waals surface area contributed by atoms with Gasteiger partial charge in [-0.2, -0.15) is 5.10 Å². The van der Waals surface area contributed by atoms with Gasteiger partial charge in [0.05, 0.1) is 23.1 Å². The first-order chi connectivity index (χ1) is 15.5. The Hall–Kier alpha value is -3.16. The number of hydrogen-bond acceptors (Lipinski definition) is 4. The number of benzene rings is 1. The standard InChI is InChI=1S/C24H29N5O3/c1-16-7-2-3-8-19(16)29-20(17-9-10-17)18(15-26-29)21(30)25-13-6-14-28-22(31)24(27-23(28)32)11-4-5-12-24/h2-3,7-8,15,17H,4-6,9-14H2,1H3,(H,25,30)(H,27,32). The minimum atomic E-state index is -0.677. The van der Waals surface area contributed by atoms with Crippen LogP contribution in [-0.4, -0.2) is 51.2 Å². The monoisotopic (exact) mass is 435 g/mol. The van der Waals surface area contributed by atoms with Crippen molar-refractivity contribution in [1.82, 2.24) is 25.3 Å². The van der Waals surface area contributed by atoms with Crippen LogP contribution in [0.25, 0.3) is 5.69 Å². The Balaban J connectivity index is 1.22. The molecule has 1 aromatic heterocycles. The molecule has 2 aliphatic carbocycles. The van der Waals surface area contributed by atoms with E-state index in [0.717, 1.165) is 55.5 Å². The second-order valence-corrected chi connectivity index (χ2v) is 9.20. The molecule has 2 saturated carbocycles. The number of rotatable bonds is 7. The zero-order valence-electron chi connectivity index (χ0n) is 18.4. The van der Waals surface area contributed by atoms with Crippen LogP contribution >= 0.6 is 0 Å². The smallest absolute Gasteiger partial charge is 0.325 e. The lowest BCUT2D eigenvalue weighted by Crippen LogP contribution is -2.44. The molecule has 0 radical (unpaired) electrons. The molecule has 1 spiro atoms. The number of carbonyl (C=O) groups is 3. The van der Waals surface area contributed by atoms with Crippen molar-refractivity contribution in [1.29, 1.82) is 0 Å².